The first-order valence-electron chi connectivity index (χ1n) is 11.6. The Bertz CT molecular complexity index is 1070. The zero-order valence-corrected chi connectivity index (χ0v) is 20.4. The first kappa shape index (κ1) is 25.7. The van der Waals surface area contributed by atoms with Crippen LogP contribution in [0.1, 0.15) is 54.0 Å². The molecule has 6 nitrogen and oxygen atoms in total. The van der Waals surface area contributed by atoms with Crippen LogP contribution < -0.4 is 5.32 Å². The Labute approximate surface area is 205 Å². The van der Waals surface area contributed by atoms with Crippen molar-refractivity contribution in [3.05, 3.63) is 46.2 Å². The number of carbonyl (C=O) groups excluding carboxylic acids is 2. The van der Waals surface area contributed by atoms with Crippen LogP contribution >= 0.6 is 11.3 Å². The number of benzene rings is 1. The zero-order chi connectivity index (χ0) is 25.4. The number of anilines is 1. The smallest absolute Gasteiger partial charge is 0.301 e. The molecule has 0 atom stereocenters. The Morgan fingerprint density at radius 2 is 1.71 bits per heavy atom. The molecule has 0 bridgehead atoms. The number of aromatic nitrogens is 1. The molecule has 4 rings (SSSR count). The van der Waals surface area contributed by atoms with Crippen LogP contribution in [0, 0.1) is 11.2 Å². The summed E-state index contributed by atoms with van der Waals surface area (Å²) < 4.78 is 54.2. The third-order valence-corrected chi connectivity index (χ3v) is 7.36. The maximum Gasteiger partial charge on any atom is 0.434 e. The van der Waals surface area contributed by atoms with E-state index in [9.17, 15) is 27.2 Å². The van der Waals surface area contributed by atoms with Gasteiger partial charge >= 0.3 is 6.18 Å². The number of amides is 1. The van der Waals surface area contributed by atoms with Crippen LogP contribution in [0.5, 0.6) is 0 Å². The van der Waals surface area contributed by atoms with Gasteiger partial charge in [-0.2, -0.15) is 13.2 Å². The molecule has 11 heteroatoms. The van der Waals surface area contributed by atoms with E-state index in [1.54, 1.807) is 0 Å². The van der Waals surface area contributed by atoms with Gasteiger partial charge in [0.25, 0.3) is 0 Å². The van der Waals surface area contributed by atoms with Crippen LogP contribution in [-0.2, 0) is 17.5 Å². The second-order valence-electron chi connectivity index (χ2n) is 9.78. The molecule has 1 amide bonds. The predicted octanol–water partition coefficient (Wildman–Crippen LogP) is 4.82. The lowest BCUT2D eigenvalue weighted by Gasteiger charge is -2.34. The first-order valence-corrected chi connectivity index (χ1v) is 12.4. The average Bonchev–Trinajstić information content (AvgIpc) is 3.55. The molecule has 1 N–H and O–H groups in total. The lowest BCUT2D eigenvalue weighted by atomic mass is 9.84. The monoisotopic (exact) mass is 512 g/mol. The van der Waals surface area contributed by atoms with Gasteiger partial charge < -0.3 is 5.32 Å². The number of carbonyl (C=O) groups is 2. The van der Waals surface area contributed by atoms with Crippen LogP contribution in [0.4, 0.5) is 22.7 Å². The van der Waals surface area contributed by atoms with Gasteiger partial charge in [-0.25, -0.2) is 9.37 Å². The van der Waals surface area contributed by atoms with Gasteiger partial charge in [0, 0.05) is 50.7 Å². The summed E-state index contributed by atoms with van der Waals surface area (Å²) in [5, 5.41) is 2.34. The molecule has 190 valence electrons. The van der Waals surface area contributed by atoms with Crippen LogP contribution in [-0.4, -0.2) is 58.7 Å². The summed E-state index contributed by atoms with van der Waals surface area (Å²) in [6.45, 7) is 6.23. The molecule has 0 radical (unpaired) electrons. The summed E-state index contributed by atoms with van der Waals surface area (Å²) >= 11 is 0.816. The van der Waals surface area contributed by atoms with Crippen molar-refractivity contribution in [2.45, 2.75) is 51.9 Å². The Kier molecular flexibility index (Phi) is 7.31. The normalized spacial score (nSPS) is 18.0. The molecule has 2 aromatic rings. The fourth-order valence-corrected chi connectivity index (χ4v) is 5.17. The van der Waals surface area contributed by atoms with Crippen molar-refractivity contribution >= 4 is 28.2 Å². The largest absolute Gasteiger partial charge is 0.434 e. The molecule has 1 aromatic carbocycles. The van der Waals surface area contributed by atoms with Crippen molar-refractivity contribution in [2.75, 3.05) is 31.5 Å². The van der Waals surface area contributed by atoms with Crippen LogP contribution in [0.2, 0.25) is 0 Å². The Morgan fingerprint density at radius 1 is 1.09 bits per heavy atom. The topological polar surface area (TPSA) is 65.5 Å². The summed E-state index contributed by atoms with van der Waals surface area (Å²) in [4.78, 5) is 33.5. The van der Waals surface area contributed by atoms with Gasteiger partial charge in [-0.05, 0) is 37.1 Å². The average molecular weight is 513 g/mol. The quantitative estimate of drug-likeness (QED) is 0.406. The van der Waals surface area contributed by atoms with E-state index < -0.39 is 29.0 Å². The van der Waals surface area contributed by atoms with Gasteiger partial charge in [-0.3, -0.25) is 19.4 Å². The standard InChI is InChI=1S/C24H28F4N4O2S/c1-23(2,13-18(33)15-3-5-16(25)6-4-15)21(34)30-22-29-20(24(26,27)28)19(35-22)14-31-9-11-32(12-10-31)17-7-8-17/h3-6,17H,7-14H2,1-2H3,(H,29,30,34). The van der Waals surface area contributed by atoms with E-state index in [0.717, 1.165) is 36.6 Å². The molecule has 1 saturated heterocycles. The summed E-state index contributed by atoms with van der Waals surface area (Å²) in [7, 11) is 0. The third-order valence-electron chi connectivity index (χ3n) is 6.41. The number of hydrogen-bond acceptors (Lipinski definition) is 6. The van der Waals surface area contributed by atoms with Crippen molar-refractivity contribution in [3.63, 3.8) is 0 Å². The zero-order valence-electron chi connectivity index (χ0n) is 19.6. The van der Waals surface area contributed by atoms with E-state index in [2.05, 4.69) is 15.2 Å². The number of Topliss-reactive ketones (excluding diaryl/α,β-unsaturated/α-hetero) is 1. The fourth-order valence-electron chi connectivity index (χ4n) is 4.15. The number of alkyl halides is 3. The summed E-state index contributed by atoms with van der Waals surface area (Å²) in [5.74, 6) is -1.46. The van der Waals surface area contributed by atoms with Gasteiger partial charge in [0.1, 0.15) is 5.82 Å². The SMILES string of the molecule is CC(C)(CC(=O)c1ccc(F)cc1)C(=O)Nc1nc(C(F)(F)F)c(CN2CCN(C3CC3)CC2)s1. The molecule has 1 aromatic heterocycles. The molecular weight excluding hydrogens is 484 g/mol. The minimum absolute atomic E-state index is 0.0628. The molecule has 1 aliphatic heterocycles. The van der Waals surface area contributed by atoms with Gasteiger partial charge in [0.05, 0.1) is 10.3 Å². The van der Waals surface area contributed by atoms with Crippen molar-refractivity contribution in [2.24, 2.45) is 5.41 Å². The first-order chi connectivity index (χ1) is 16.4. The fraction of sp³-hybridized carbons (Fsp3) is 0.542. The van der Waals surface area contributed by atoms with E-state index in [1.165, 1.54) is 38.8 Å². The minimum Gasteiger partial charge on any atom is -0.301 e. The molecule has 1 aliphatic carbocycles. The molecular formula is C24H28F4N4O2S. The molecule has 2 heterocycles. The number of nitrogens with one attached hydrogen (secondary N) is 1. The van der Waals surface area contributed by atoms with Crippen LogP contribution in [0.15, 0.2) is 24.3 Å². The maximum absolute atomic E-state index is 13.7. The highest BCUT2D eigenvalue weighted by Gasteiger charge is 2.39. The van der Waals surface area contributed by atoms with Gasteiger partial charge in [0.2, 0.25) is 5.91 Å². The van der Waals surface area contributed by atoms with Gasteiger partial charge in [-0.15, -0.1) is 0 Å². The number of hydrogen-bond donors (Lipinski definition) is 1. The number of halogens is 4. The number of thiazole rings is 1. The van der Waals surface area contributed by atoms with E-state index >= 15 is 0 Å². The second kappa shape index (κ2) is 9.94. The van der Waals surface area contributed by atoms with Crippen LogP contribution in [0.3, 0.4) is 0 Å². The highest BCUT2D eigenvalue weighted by molar-refractivity contribution is 7.15. The van der Waals surface area contributed by atoms with Crippen molar-refractivity contribution < 1.29 is 27.2 Å². The molecule has 2 aliphatic rings. The predicted molar refractivity (Wildman–Crippen MR) is 125 cm³/mol. The lowest BCUT2D eigenvalue weighted by Crippen LogP contribution is -2.46. The van der Waals surface area contributed by atoms with E-state index in [0.29, 0.717) is 19.1 Å². The third kappa shape index (κ3) is 6.45. The number of ketones is 1. The van der Waals surface area contributed by atoms with Crippen molar-refractivity contribution in [1.82, 2.24) is 14.8 Å². The Balaban J connectivity index is 1.42. The van der Waals surface area contributed by atoms with Gasteiger partial charge in [0.15, 0.2) is 16.6 Å². The number of rotatable bonds is 8. The highest BCUT2D eigenvalue weighted by Crippen LogP contribution is 2.38. The maximum atomic E-state index is 13.7. The highest BCUT2D eigenvalue weighted by atomic mass is 32.1. The van der Waals surface area contributed by atoms with E-state index in [4.69, 9.17) is 0 Å². The molecule has 1 saturated carbocycles. The Morgan fingerprint density at radius 3 is 2.29 bits per heavy atom. The minimum atomic E-state index is -4.64. The van der Waals surface area contributed by atoms with Crippen molar-refractivity contribution in [3.8, 4) is 0 Å². The number of piperazine rings is 1. The molecule has 0 spiro atoms. The summed E-state index contributed by atoms with van der Waals surface area (Å²) in [5.41, 5.74) is -1.94. The Hall–Kier alpha value is -2.37. The summed E-state index contributed by atoms with van der Waals surface area (Å²) in [6, 6.07) is 5.60. The summed E-state index contributed by atoms with van der Waals surface area (Å²) in [6.07, 6.45) is -2.44. The number of nitrogens with zero attached hydrogens (tertiary/aromatic N) is 3. The van der Waals surface area contributed by atoms with Crippen LogP contribution in [0.25, 0.3) is 0 Å². The van der Waals surface area contributed by atoms with E-state index in [-0.39, 0.29) is 34.3 Å². The lowest BCUT2D eigenvalue weighted by molar-refractivity contribution is -0.141. The molecule has 35 heavy (non-hydrogen) atoms. The van der Waals surface area contributed by atoms with Gasteiger partial charge in [-0.1, -0.05) is 25.2 Å². The molecule has 2 fully saturated rings. The second-order valence-corrected chi connectivity index (χ2v) is 10.9. The van der Waals surface area contributed by atoms with Crippen molar-refractivity contribution in [1.29, 1.82) is 0 Å². The van der Waals surface area contributed by atoms with E-state index in [1.807, 2.05) is 4.90 Å². The molecule has 0 unspecified atom stereocenters.